The SMILES string of the molecule is O=c1cc(C(F)(F)F)n(CCCCN2CCOCC2)c2ccc(F)cc12. The lowest BCUT2D eigenvalue weighted by Crippen LogP contribution is -2.36. The van der Waals surface area contributed by atoms with E-state index in [4.69, 9.17) is 4.74 Å². The Morgan fingerprint density at radius 3 is 2.42 bits per heavy atom. The fraction of sp³-hybridized carbons (Fsp3) is 0.500. The molecule has 8 heteroatoms. The van der Waals surface area contributed by atoms with Gasteiger partial charge in [-0.15, -0.1) is 0 Å². The summed E-state index contributed by atoms with van der Waals surface area (Å²) in [5.74, 6) is -0.645. The van der Waals surface area contributed by atoms with Gasteiger partial charge in [0.2, 0.25) is 0 Å². The van der Waals surface area contributed by atoms with E-state index in [1.165, 1.54) is 6.07 Å². The highest BCUT2D eigenvalue weighted by Gasteiger charge is 2.35. The van der Waals surface area contributed by atoms with Crippen LogP contribution >= 0.6 is 0 Å². The van der Waals surface area contributed by atoms with E-state index in [1.54, 1.807) is 0 Å². The molecule has 1 aliphatic rings. The second-order valence-electron chi connectivity index (χ2n) is 6.37. The molecule has 4 nitrogen and oxygen atoms in total. The van der Waals surface area contributed by atoms with Gasteiger partial charge in [0, 0.05) is 31.1 Å². The summed E-state index contributed by atoms with van der Waals surface area (Å²) in [6.07, 6.45) is -3.39. The number of aromatic nitrogens is 1. The Hall–Kier alpha value is -1.93. The number of nitrogens with zero attached hydrogens (tertiary/aromatic N) is 2. The third-order valence-corrected chi connectivity index (χ3v) is 4.57. The average Bonchev–Trinajstić information content (AvgIpc) is 2.60. The van der Waals surface area contributed by atoms with Gasteiger partial charge in [0.05, 0.1) is 18.7 Å². The van der Waals surface area contributed by atoms with Crippen LogP contribution in [0.2, 0.25) is 0 Å². The topological polar surface area (TPSA) is 34.5 Å². The second-order valence-corrected chi connectivity index (χ2v) is 6.37. The van der Waals surface area contributed by atoms with Crippen molar-refractivity contribution in [3.05, 3.63) is 46.0 Å². The Bertz CT molecular complexity index is 826. The second kappa shape index (κ2) is 7.75. The minimum absolute atomic E-state index is 0.0359. The largest absolute Gasteiger partial charge is 0.431 e. The molecule has 1 fully saturated rings. The molecule has 1 saturated heterocycles. The summed E-state index contributed by atoms with van der Waals surface area (Å²) in [7, 11) is 0. The van der Waals surface area contributed by atoms with Crippen molar-refractivity contribution < 1.29 is 22.3 Å². The molecular formula is C18H20F4N2O2. The Kier molecular flexibility index (Phi) is 5.62. The van der Waals surface area contributed by atoms with Crippen LogP contribution in [0.25, 0.3) is 10.9 Å². The zero-order chi connectivity index (χ0) is 18.7. The average molecular weight is 372 g/mol. The van der Waals surface area contributed by atoms with Crippen LogP contribution in [0.15, 0.2) is 29.1 Å². The zero-order valence-corrected chi connectivity index (χ0v) is 14.2. The van der Waals surface area contributed by atoms with Gasteiger partial charge in [-0.1, -0.05) is 0 Å². The predicted molar refractivity (Wildman–Crippen MR) is 89.7 cm³/mol. The molecule has 3 rings (SSSR count). The molecule has 0 radical (unpaired) electrons. The van der Waals surface area contributed by atoms with E-state index in [2.05, 4.69) is 4.90 Å². The monoisotopic (exact) mass is 372 g/mol. The molecule has 1 aromatic heterocycles. The maximum Gasteiger partial charge on any atom is 0.431 e. The van der Waals surface area contributed by atoms with E-state index in [9.17, 15) is 22.4 Å². The summed E-state index contributed by atoms with van der Waals surface area (Å²) in [5, 5.41) is -0.0359. The predicted octanol–water partition coefficient (Wildman–Crippen LogP) is 3.27. The molecule has 0 spiro atoms. The van der Waals surface area contributed by atoms with Crippen LogP contribution in [0.5, 0.6) is 0 Å². The van der Waals surface area contributed by atoms with E-state index in [0.717, 1.165) is 42.8 Å². The van der Waals surface area contributed by atoms with E-state index in [-0.39, 0.29) is 17.4 Å². The number of pyridine rings is 1. The minimum Gasteiger partial charge on any atom is -0.379 e. The minimum atomic E-state index is -4.65. The normalized spacial score (nSPS) is 16.3. The zero-order valence-electron chi connectivity index (χ0n) is 14.2. The van der Waals surface area contributed by atoms with Crippen LogP contribution in [0.3, 0.4) is 0 Å². The molecule has 0 aliphatic carbocycles. The number of unbranched alkanes of at least 4 members (excludes halogenated alkanes) is 1. The van der Waals surface area contributed by atoms with E-state index in [0.29, 0.717) is 25.7 Å². The van der Waals surface area contributed by atoms with Gasteiger partial charge >= 0.3 is 6.18 Å². The molecule has 26 heavy (non-hydrogen) atoms. The van der Waals surface area contributed by atoms with Crippen molar-refractivity contribution in [2.45, 2.75) is 25.6 Å². The number of alkyl halides is 3. The molecule has 0 N–H and O–H groups in total. The molecule has 0 amide bonds. The van der Waals surface area contributed by atoms with Gasteiger partial charge in [0.25, 0.3) is 0 Å². The van der Waals surface area contributed by atoms with E-state index in [1.807, 2.05) is 0 Å². The molecule has 2 aromatic rings. The first-order valence-corrected chi connectivity index (χ1v) is 8.56. The summed E-state index contributed by atoms with van der Waals surface area (Å²) in [4.78, 5) is 14.2. The highest BCUT2D eigenvalue weighted by atomic mass is 19.4. The molecule has 0 bridgehead atoms. The van der Waals surface area contributed by atoms with E-state index < -0.39 is 23.1 Å². The lowest BCUT2D eigenvalue weighted by atomic mass is 10.1. The number of aryl methyl sites for hydroxylation is 1. The third kappa shape index (κ3) is 4.24. The van der Waals surface area contributed by atoms with Gasteiger partial charge in [-0.05, 0) is 37.6 Å². The standard InChI is InChI=1S/C18H20F4N2O2/c19-13-3-4-15-14(11-13)16(25)12-17(18(20,21)22)24(15)6-2-1-5-23-7-9-26-10-8-23/h3-4,11-12H,1-2,5-10H2. The van der Waals surface area contributed by atoms with Crippen molar-refractivity contribution in [1.29, 1.82) is 0 Å². The first-order valence-electron chi connectivity index (χ1n) is 8.56. The molecule has 1 aliphatic heterocycles. The van der Waals surface area contributed by atoms with Crippen molar-refractivity contribution in [3.8, 4) is 0 Å². The third-order valence-electron chi connectivity index (χ3n) is 4.57. The van der Waals surface area contributed by atoms with Crippen molar-refractivity contribution in [1.82, 2.24) is 9.47 Å². The number of ether oxygens (including phenoxy) is 1. The number of halogens is 4. The Morgan fingerprint density at radius 2 is 1.73 bits per heavy atom. The van der Waals surface area contributed by atoms with Crippen LogP contribution in [-0.2, 0) is 17.5 Å². The van der Waals surface area contributed by atoms with E-state index >= 15 is 0 Å². The number of hydrogen-bond donors (Lipinski definition) is 0. The lowest BCUT2D eigenvalue weighted by Gasteiger charge is -2.26. The number of morpholine rings is 1. The summed E-state index contributed by atoms with van der Waals surface area (Å²) in [6, 6.07) is 3.86. The summed E-state index contributed by atoms with van der Waals surface area (Å²) in [6.45, 7) is 3.91. The van der Waals surface area contributed by atoms with Crippen molar-refractivity contribution in [3.63, 3.8) is 0 Å². The molecule has 0 atom stereocenters. The van der Waals surface area contributed by atoms with Gasteiger partial charge in [-0.2, -0.15) is 13.2 Å². The first-order chi connectivity index (χ1) is 12.4. The fourth-order valence-electron chi connectivity index (χ4n) is 3.26. The van der Waals surface area contributed by atoms with Crippen molar-refractivity contribution in [2.24, 2.45) is 0 Å². The molecule has 0 saturated carbocycles. The van der Waals surface area contributed by atoms with Crippen molar-refractivity contribution in [2.75, 3.05) is 32.8 Å². The quantitative estimate of drug-likeness (QED) is 0.597. The van der Waals surface area contributed by atoms with Gasteiger partial charge in [-0.3, -0.25) is 9.69 Å². The molecular weight excluding hydrogens is 352 g/mol. The van der Waals surface area contributed by atoms with Gasteiger partial charge < -0.3 is 9.30 Å². The lowest BCUT2D eigenvalue weighted by molar-refractivity contribution is -0.143. The highest BCUT2D eigenvalue weighted by Crippen LogP contribution is 2.31. The summed E-state index contributed by atoms with van der Waals surface area (Å²) in [5.41, 5.74) is -1.71. The Balaban J connectivity index is 1.82. The van der Waals surface area contributed by atoms with Gasteiger partial charge in [-0.25, -0.2) is 4.39 Å². The number of hydrogen-bond acceptors (Lipinski definition) is 3. The maximum atomic E-state index is 13.4. The van der Waals surface area contributed by atoms with Crippen LogP contribution in [-0.4, -0.2) is 42.3 Å². The molecule has 1 aromatic carbocycles. The summed E-state index contributed by atoms with van der Waals surface area (Å²) >= 11 is 0. The number of benzene rings is 1. The van der Waals surface area contributed by atoms with Crippen LogP contribution in [0.4, 0.5) is 17.6 Å². The van der Waals surface area contributed by atoms with Crippen LogP contribution in [0.1, 0.15) is 18.5 Å². The van der Waals surface area contributed by atoms with Crippen LogP contribution < -0.4 is 5.43 Å². The molecule has 142 valence electrons. The van der Waals surface area contributed by atoms with Crippen LogP contribution in [0, 0.1) is 5.82 Å². The molecule has 2 heterocycles. The Morgan fingerprint density at radius 1 is 1.04 bits per heavy atom. The maximum absolute atomic E-state index is 13.4. The van der Waals surface area contributed by atoms with Gasteiger partial charge in [0.1, 0.15) is 11.5 Å². The Labute approximate surface area is 148 Å². The highest BCUT2D eigenvalue weighted by molar-refractivity contribution is 5.79. The number of rotatable bonds is 5. The summed E-state index contributed by atoms with van der Waals surface area (Å²) < 4.78 is 59.9. The smallest absolute Gasteiger partial charge is 0.379 e. The first kappa shape index (κ1) is 18.8. The van der Waals surface area contributed by atoms with Crippen molar-refractivity contribution >= 4 is 10.9 Å². The number of fused-ring (bicyclic) bond motifs is 1. The molecule has 0 unspecified atom stereocenters. The van der Waals surface area contributed by atoms with Gasteiger partial charge in [0.15, 0.2) is 5.43 Å². The fourth-order valence-corrected chi connectivity index (χ4v) is 3.26.